The van der Waals surface area contributed by atoms with Gasteiger partial charge in [-0.25, -0.2) is 0 Å². The van der Waals surface area contributed by atoms with E-state index in [0.717, 1.165) is 6.42 Å². The first-order chi connectivity index (χ1) is 5.66. The molecule has 0 N–H and O–H groups in total. The summed E-state index contributed by atoms with van der Waals surface area (Å²) in [4.78, 5) is 23.9. The Balaban J connectivity index is 2.74. The van der Waals surface area contributed by atoms with E-state index in [0.29, 0.717) is 6.54 Å². The van der Waals surface area contributed by atoms with Gasteiger partial charge in [-0.05, 0) is 6.42 Å². The molecule has 0 aliphatic carbocycles. The Morgan fingerprint density at radius 3 is 2.75 bits per heavy atom. The smallest absolute Gasteiger partial charge is 0.294 e. The molecule has 66 valence electrons. The van der Waals surface area contributed by atoms with Gasteiger partial charge in [0.2, 0.25) is 5.78 Å². The maximum Gasteiger partial charge on any atom is 0.294 e. The lowest BCUT2D eigenvalue weighted by Crippen LogP contribution is -2.38. The number of hydrogen-bond donors (Lipinski definition) is 0. The predicted molar refractivity (Wildman–Crippen MR) is 45.3 cm³/mol. The average Bonchev–Trinajstić information content (AvgIpc) is 2.07. The Morgan fingerprint density at radius 1 is 1.50 bits per heavy atom. The number of amides is 1. The minimum Gasteiger partial charge on any atom is -0.313 e. The predicted octanol–water partition coefficient (Wildman–Crippen LogP) is 0.958. The van der Waals surface area contributed by atoms with Crippen LogP contribution in [0, 0.1) is 5.92 Å². The summed E-state index contributed by atoms with van der Waals surface area (Å²) >= 11 is 0. The van der Waals surface area contributed by atoms with Gasteiger partial charge in [0, 0.05) is 18.7 Å². The molecule has 0 radical (unpaired) electrons. The monoisotopic (exact) mass is 167 g/mol. The van der Waals surface area contributed by atoms with Gasteiger partial charge in [0.15, 0.2) is 0 Å². The van der Waals surface area contributed by atoms with E-state index in [9.17, 15) is 9.59 Å². The Kier molecular flexibility index (Phi) is 2.63. The maximum atomic E-state index is 11.3. The normalized spacial score (nSPS) is 23.5. The van der Waals surface area contributed by atoms with Crippen LogP contribution in [0.5, 0.6) is 0 Å². The highest BCUT2D eigenvalue weighted by Crippen LogP contribution is 2.10. The number of Topliss-reactive ketones (excluding diaryl/α,β-unsaturated/α-hetero) is 1. The van der Waals surface area contributed by atoms with E-state index >= 15 is 0 Å². The standard InChI is InChI=1S/C9H13NO2/c1-3-5-10-6-4-7(2)8(11)9(10)12/h4,6-7H,3,5H2,1-2H3. The van der Waals surface area contributed by atoms with Crippen molar-refractivity contribution in [2.75, 3.05) is 6.54 Å². The molecule has 12 heavy (non-hydrogen) atoms. The van der Waals surface area contributed by atoms with Crippen LogP contribution in [-0.4, -0.2) is 23.1 Å². The number of allylic oxidation sites excluding steroid dienone is 1. The summed E-state index contributed by atoms with van der Waals surface area (Å²) in [5.41, 5.74) is 0. The van der Waals surface area contributed by atoms with Crippen LogP contribution >= 0.6 is 0 Å². The van der Waals surface area contributed by atoms with E-state index in [1.54, 1.807) is 19.2 Å². The summed E-state index contributed by atoms with van der Waals surface area (Å²) in [6.45, 7) is 4.34. The number of nitrogens with zero attached hydrogens (tertiary/aromatic N) is 1. The van der Waals surface area contributed by atoms with Crippen LogP contribution in [0.4, 0.5) is 0 Å². The third-order valence-electron chi connectivity index (χ3n) is 1.90. The first-order valence-corrected chi connectivity index (χ1v) is 4.20. The molecule has 1 amide bonds. The van der Waals surface area contributed by atoms with E-state index < -0.39 is 0 Å². The van der Waals surface area contributed by atoms with Crippen molar-refractivity contribution in [1.82, 2.24) is 4.90 Å². The second-order valence-corrected chi connectivity index (χ2v) is 2.99. The molecule has 0 saturated carbocycles. The van der Waals surface area contributed by atoms with Crippen LogP contribution in [0.15, 0.2) is 12.3 Å². The van der Waals surface area contributed by atoms with Gasteiger partial charge in [0.25, 0.3) is 5.91 Å². The third kappa shape index (κ3) is 1.55. The number of carbonyl (C=O) groups excluding carboxylic acids is 2. The molecule has 1 heterocycles. The van der Waals surface area contributed by atoms with Crippen molar-refractivity contribution in [1.29, 1.82) is 0 Å². The zero-order chi connectivity index (χ0) is 9.14. The summed E-state index contributed by atoms with van der Waals surface area (Å²) in [6.07, 6.45) is 4.34. The molecule has 1 unspecified atom stereocenters. The fraction of sp³-hybridized carbons (Fsp3) is 0.556. The molecule has 0 spiro atoms. The second kappa shape index (κ2) is 3.52. The van der Waals surface area contributed by atoms with Crippen molar-refractivity contribution in [2.45, 2.75) is 20.3 Å². The van der Waals surface area contributed by atoms with Crippen molar-refractivity contribution >= 4 is 11.7 Å². The van der Waals surface area contributed by atoms with Gasteiger partial charge in [-0.2, -0.15) is 0 Å². The Hall–Kier alpha value is -1.12. The quantitative estimate of drug-likeness (QED) is 0.574. The molecular formula is C9H13NO2. The summed E-state index contributed by atoms with van der Waals surface area (Å²) in [5, 5.41) is 0. The summed E-state index contributed by atoms with van der Waals surface area (Å²) in [6, 6.07) is 0. The summed E-state index contributed by atoms with van der Waals surface area (Å²) in [7, 11) is 0. The summed E-state index contributed by atoms with van der Waals surface area (Å²) < 4.78 is 0. The van der Waals surface area contributed by atoms with Gasteiger partial charge in [0.05, 0.1) is 0 Å². The molecule has 3 heteroatoms. The van der Waals surface area contributed by atoms with Crippen LogP contribution in [0.1, 0.15) is 20.3 Å². The van der Waals surface area contributed by atoms with Crippen molar-refractivity contribution < 1.29 is 9.59 Å². The molecule has 0 aromatic heterocycles. The van der Waals surface area contributed by atoms with Crippen molar-refractivity contribution in [3.63, 3.8) is 0 Å². The van der Waals surface area contributed by atoms with Crippen LogP contribution in [-0.2, 0) is 9.59 Å². The van der Waals surface area contributed by atoms with Gasteiger partial charge in [-0.15, -0.1) is 0 Å². The van der Waals surface area contributed by atoms with Gasteiger partial charge in [-0.3, -0.25) is 9.59 Å². The summed E-state index contributed by atoms with van der Waals surface area (Å²) in [5.74, 6) is -0.914. The fourth-order valence-electron chi connectivity index (χ4n) is 1.14. The van der Waals surface area contributed by atoms with Gasteiger partial charge in [0.1, 0.15) is 0 Å². The zero-order valence-electron chi connectivity index (χ0n) is 7.41. The molecule has 0 fully saturated rings. The maximum absolute atomic E-state index is 11.3. The first-order valence-electron chi connectivity index (χ1n) is 4.20. The zero-order valence-corrected chi connectivity index (χ0v) is 7.41. The molecule has 1 atom stereocenters. The lowest BCUT2D eigenvalue weighted by atomic mass is 10.0. The minimum atomic E-state index is -0.369. The highest BCUT2D eigenvalue weighted by molar-refractivity contribution is 6.38. The molecule has 1 aliphatic heterocycles. The van der Waals surface area contributed by atoms with Crippen molar-refractivity contribution in [3.05, 3.63) is 12.3 Å². The molecule has 0 aromatic rings. The van der Waals surface area contributed by atoms with Crippen molar-refractivity contribution in [2.24, 2.45) is 5.92 Å². The highest BCUT2D eigenvalue weighted by Gasteiger charge is 2.27. The first kappa shape index (κ1) is 8.97. The number of rotatable bonds is 2. The Bertz CT molecular complexity index is 233. The molecule has 3 nitrogen and oxygen atoms in total. The van der Waals surface area contributed by atoms with Gasteiger partial charge < -0.3 is 4.90 Å². The molecular weight excluding hydrogens is 154 g/mol. The topological polar surface area (TPSA) is 37.4 Å². The molecule has 0 bridgehead atoms. The fourth-order valence-corrected chi connectivity index (χ4v) is 1.14. The van der Waals surface area contributed by atoms with Crippen LogP contribution in [0.25, 0.3) is 0 Å². The third-order valence-corrected chi connectivity index (χ3v) is 1.90. The molecule has 0 saturated heterocycles. The minimum absolute atomic E-state index is 0.245. The number of hydrogen-bond acceptors (Lipinski definition) is 2. The Labute approximate surface area is 72.0 Å². The average molecular weight is 167 g/mol. The van der Waals surface area contributed by atoms with Crippen LogP contribution in [0.3, 0.4) is 0 Å². The van der Waals surface area contributed by atoms with Gasteiger partial charge in [-0.1, -0.05) is 19.9 Å². The van der Waals surface area contributed by atoms with E-state index in [1.165, 1.54) is 4.90 Å². The number of carbonyl (C=O) groups is 2. The largest absolute Gasteiger partial charge is 0.313 e. The van der Waals surface area contributed by atoms with Crippen LogP contribution in [0.2, 0.25) is 0 Å². The van der Waals surface area contributed by atoms with Crippen LogP contribution < -0.4 is 0 Å². The van der Waals surface area contributed by atoms with E-state index in [-0.39, 0.29) is 17.6 Å². The molecule has 1 aliphatic rings. The SMILES string of the molecule is CCCN1C=CC(C)C(=O)C1=O. The highest BCUT2D eigenvalue weighted by atomic mass is 16.2. The Morgan fingerprint density at radius 2 is 2.17 bits per heavy atom. The van der Waals surface area contributed by atoms with Crippen molar-refractivity contribution in [3.8, 4) is 0 Å². The van der Waals surface area contributed by atoms with Gasteiger partial charge >= 0.3 is 0 Å². The lowest BCUT2D eigenvalue weighted by molar-refractivity contribution is -0.144. The molecule has 0 aromatic carbocycles. The van der Waals surface area contributed by atoms with E-state index in [4.69, 9.17) is 0 Å². The second-order valence-electron chi connectivity index (χ2n) is 2.99. The van der Waals surface area contributed by atoms with E-state index in [2.05, 4.69) is 0 Å². The lowest BCUT2D eigenvalue weighted by Gasteiger charge is -2.22. The number of ketones is 1. The molecule has 1 rings (SSSR count). The van der Waals surface area contributed by atoms with E-state index in [1.807, 2.05) is 6.92 Å².